The molecule has 2 aromatic carbocycles. The van der Waals surface area contributed by atoms with Crippen LogP contribution in [0.25, 0.3) is 10.8 Å². The van der Waals surface area contributed by atoms with Gasteiger partial charge >= 0.3 is 0 Å². The molecule has 0 fully saturated rings. The third kappa shape index (κ3) is 4.15. The molecule has 0 amide bonds. The number of aromatic amines is 1. The van der Waals surface area contributed by atoms with E-state index >= 15 is 0 Å². The molecule has 3 aromatic rings. The number of hydrogen-bond donors (Lipinski definition) is 1. The van der Waals surface area contributed by atoms with Gasteiger partial charge in [0.05, 0.1) is 0 Å². The number of benzene rings is 2. The average molecular weight is 341 g/mol. The van der Waals surface area contributed by atoms with Crippen molar-refractivity contribution in [3.63, 3.8) is 0 Å². The van der Waals surface area contributed by atoms with E-state index in [1.165, 1.54) is 5.39 Å². The Kier molecular flexibility index (Phi) is 5.63. The minimum atomic E-state index is -0.562. The van der Waals surface area contributed by atoms with Crippen molar-refractivity contribution in [3.8, 4) is 5.75 Å². The molecule has 0 saturated heterocycles. The van der Waals surface area contributed by atoms with E-state index in [-0.39, 0.29) is 6.10 Å². The molecule has 0 spiro atoms. The van der Waals surface area contributed by atoms with Crippen LogP contribution in [0.1, 0.15) is 44.8 Å². The third-order valence-corrected chi connectivity index (χ3v) is 3.79. The van der Waals surface area contributed by atoms with Crippen LogP contribution in [0.15, 0.2) is 42.5 Å². The highest BCUT2D eigenvalue weighted by Crippen LogP contribution is 2.25. The highest BCUT2D eigenvalue weighted by atomic mass is 16.7. The maximum absolute atomic E-state index is 6.01. The summed E-state index contributed by atoms with van der Waals surface area (Å²) in [6, 6.07) is 14.2. The Morgan fingerprint density at radius 1 is 1.00 bits per heavy atom. The number of aromatic nitrogens is 3. The predicted molar refractivity (Wildman–Crippen MR) is 95.4 cm³/mol. The molecule has 1 atom stereocenters. The van der Waals surface area contributed by atoms with Gasteiger partial charge < -0.3 is 14.2 Å². The molecule has 6 nitrogen and oxygen atoms in total. The standard InChI is InChI=1S/C19H23N3O3/c1-4-23-19(24-5-2)18-20-17(21-22-18)13(3)25-16-11-10-14-8-6-7-9-15(14)12-16/h6-13,19H,4-5H2,1-3H3,(H,20,21,22). The van der Waals surface area contributed by atoms with Crippen molar-refractivity contribution in [3.05, 3.63) is 54.1 Å². The Labute approximate surface area is 147 Å². The molecule has 1 N–H and O–H groups in total. The van der Waals surface area contributed by atoms with Crippen LogP contribution < -0.4 is 4.74 Å². The van der Waals surface area contributed by atoms with E-state index in [2.05, 4.69) is 27.3 Å². The number of H-pyrrole nitrogens is 1. The van der Waals surface area contributed by atoms with Crippen LogP contribution >= 0.6 is 0 Å². The number of hydrogen-bond acceptors (Lipinski definition) is 5. The van der Waals surface area contributed by atoms with Crippen molar-refractivity contribution in [1.82, 2.24) is 15.2 Å². The fraction of sp³-hybridized carbons (Fsp3) is 0.368. The Morgan fingerprint density at radius 3 is 2.44 bits per heavy atom. The SMILES string of the molecule is CCOC(OCC)c1n[nH]c(C(C)Oc2ccc3ccccc3c2)n1. The maximum atomic E-state index is 6.01. The molecule has 1 heterocycles. The van der Waals surface area contributed by atoms with Crippen LogP contribution in [0.2, 0.25) is 0 Å². The van der Waals surface area contributed by atoms with Crippen LogP contribution in [0, 0.1) is 0 Å². The molecule has 0 radical (unpaired) electrons. The van der Waals surface area contributed by atoms with Crippen LogP contribution in [0.5, 0.6) is 5.75 Å². The van der Waals surface area contributed by atoms with E-state index < -0.39 is 6.29 Å². The van der Waals surface area contributed by atoms with Crippen molar-refractivity contribution >= 4 is 10.8 Å². The second-order valence-corrected chi connectivity index (χ2v) is 5.59. The van der Waals surface area contributed by atoms with Gasteiger partial charge in [-0.3, -0.25) is 5.10 Å². The number of rotatable bonds is 8. The highest BCUT2D eigenvalue weighted by molar-refractivity contribution is 5.83. The fourth-order valence-electron chi connectivity index (χ4n) is 2.58. The van der Waals surface area contributed by atoms with Gasteiger partial charge in [0.1, 0.15) is 5.75 Å². The summed E-state index contributed by atoms with van der Waals surface area (Å²) in [7, 11) is 0. The van der Waals surface area contributed by atoms with Crippen LogP contribution in [-0.4, -0.2) is 28.4 Å². The van der Waals surface area contributed by atoms with Crippen LogP contribution in [0.3, 0.4) is 0 Å². The van der Waals surface area contributed by atoms with Crippen molar-refractivity contribution in [2.24, 2.45) is 0 Å². The molecule has 0 aliphatic carbocycles. The van der Waals surface area contributed by atoms with Crippen molar-refractivity contribution < 1.29 is 14.2 Å². The number of nitrogens with one attached hydrogen (secondary N) is 1. The van der Waals surface area contributed by atoms with Gasteiger partial charge in [0.2, 0.25) is 12.1 Å². The zero-order chi connectivity index (χ0) is 17.6. The lowest BCUT2D eigenvalue weighted by Gasteiger charge is -2.14. The van der Waals surface area contributed by atoms with E-state index in [0.29, 0.717) is 24.9 Å². The van der Waals surface area contributed by atoms with Gasteiger partial charge in [0.25, 0.3) is 0 Å². The second kappa shape index (κ2) is 8.09. The average Bonchev–Trinajstić information content (AvgIpc) is 3.11. The smallest absolute Gasteiger partial charge is 0.221 e. The lowest BCUT2D eigenvalue weighted by Crippen LogP contribution is -2.11. The van der Waals surface area contributed by atoms with Gasteiger partial charge in [-0.25, -0.2) is 4.98 Å². The number of nitrogens with zero attached hydrogens (tertiary/aromatic N) is 2. The monoisotopic (exact) mass is 341 g/mol. The Bertz CT molecular complexity index is 812. The summed E-state index contributed by atoms with van der Waals surface area (Å²) in [6.45, 7) is 6.79. The van der Waals surface area contributed by atoms with Gasteiger partial charge in [0.15, 0.2) is 11.9 Å². The third-order valence-electron chi connectivity index (χ3n) is 3.79. The summed E-state index contributed by atoms with van der Waals surface area (Å²) >= 11 is 0. The quantitative estimate of drug-likeness (QED) is 0.623. The number of fused-ring (bicyclic) bond motifs is 1. The summed E-state index contributed by atoms with van der Waals surface area (Å²) in [5.41, 5.74) is 0. The molecule has 6 heteroatoms. The fourth-order valence-corrected chi connectivity index (χ4v) is 2.58. The maximum Gasteiger partial charge on any atom is 0.221 e. The lowest BCUT2D eigenvalue weighted by atomic mass is 10.1. The Morgan fingerprint density at radius 2 is 1.72 bits per heavy atom. The van der Waals surface area contributed by atoms with Gasteiger partial charge in [-0.2, -0.15) is 5.10 Å². The molecule has 132 valence electrons. The number of ether oxygens (including phenoxy) is 3. The molecule has 1 unspecified atom stereocenters. The summed E-state index contributed by atoms with van der Waals surface area (Å²) in [5.74, 6) is 1.90. The summed E-state index contributed by atoms with van der Waals surface area (Å²) < 4.78 is 17.0. The molecule has 0 saturated carbocycles. The molecule has 25 heavy (non-hydrogen) atoms. The first kappa shape index (κ1) is 17.4. The molecule has 3 rings (SSSR count). The molecule has 0 aliphatic rings. The normalized spacial score (nSPS) is 12.6. The molecule has 0 bridgehead atoms. The lowest BCUT2D eigenvalue weighted by molar-refractivity contribution is -0.145. The van der Waals surface area contributed by atoms with Crippen molar-refractivity contribution in [2.75, 3.05) is 13.2 Å². The first-order valence-corrected chi connectivity index (χ1v) is 8.52. The van der Waals surface area contributed by atoms with E-state index in [1.807, 2.05) is 51.1 Å². The zero-order valence-corrected chi connectivity index (χ0v) is 14.7. The van der Waals surface area contributed by atoms with Crippen molar-refractivity contribution in [1.29, 1.82) is 0 Å². The first-order chi connectivity index (χ1) is 12.2. The molecular formula is C19H23N3O3. The Balaban J connectivity index is 1.73. The zero-order valence-electron chi connectivity index (χ0n) is 14.7. The Hall–Kier alpha value is -2.44. The highest BCUT2D eigenvalue weighted by Gasteiger charge is 2.20. The van der Waals surface area contributed by atoms with Gasteiger partial charge in [0, 0.05) is 13.2 Å². The largest absolute Gasteiger partial charge is 0.483 e. The summed E-state index contributed by atoms with van der Waals surface area (Å²) in [5, 5.41) is 9.43. The summed E-state index contributed by atoms with van der Waals surface area (Å²) in [6.07, 6.45) is -0.834. The molecular weight excluding hydrogens is 318 g/mol. The minimum Gasteiger partial charge on any atom is -0.483 e. The van der Waals surface area contributed by atoms with Gasteiger partial charge in [-0.1, -0.05) is 30.3 Å². The van der Waals surface area contributed by atoms with E-state index in [1.54, 1.807) is 0 Å². The minimum absolute atomic E-state index is 0.272. The van der Waals surface area contributed by atoms with E-state index in [4.69, 9.17) is 14.2 Å². The van der Waals surface area contributed by atoms with Crippen LogP contribution in [0.4, 0.5) is 0 Å². The van der Waals surface area contributed by atoms with Gasteiger partial charge in [-0.15, -0.1) is 0 Å². The molecule has 1 aromatic heterocycles. The predicted octanol–water partition coefficient (Wildman–Crippen LogP) is 4.17. The first-order valence-electron chi connectivity index (χ1n) is 8.52. The van der Waals surface area contributed by atoms with Crippen molar-refractivity contribution in [2.45, 2.75) is 33.2 Å². The van der Waals surface area contributed by atoms with Gasteiger partial charge in [-0.05, 0) is 43.7 Å². The van der Waals surface area contributed by atoms with Crippen LogP contribution in [-0.2, 0) is 9.47 Å². The topological polar surface area (TPSA) is 69.3 Å². The molecule has 0 aliphatic heterocycles. The second-order valence-electron chi connectivity index (χ2n) is 5.59. The summed E-state index contributed by atoms with van der Waals surface area (Å²) in [4.78, 5) is 4.46. The van der Waals surface area contributed by atoms with E-state index in [0.717, 1.165) is 11.1 Å². The van der Waals surface area contributed by atoms with E-state index in [9.17, 15) is 0 Å².